The Morgan fingerprint density at radius 3 is 2.86 bits per heavy atom. The fourth-order valence-corrected chi connectivity index (χ4v) is 3.61. The monoisotopic (exact) mass is 392 g/mol. The Kier molecular flexibility index (Phi) is 4.13. The van der Waals surface area contributed by atoms with Crippen LogP contribution in [0.15, 0.2) is 47.5 Å². The van der Waals surface area contributed by atoms with E-state index in [4.69, 9.17) is 4.74 Å². The third kappa shape index (κ3) is 3.17. The third-order valence-electron chi connectivity index (χ3n) is 4.93. The lowest BCUT2D eigenvalue weighted by molar-refractivity contribution is 0.182. The molecule has 0 aliphatic carbocycles. The third-order valence-corrected chi connectivity index (χ3v) is 4.93. The van der Waals surface area contributed by atoms with Gasteiger partial charge in [-0.1, -0.05) is 0 Å². The zero-order valence-corrected chi connectivity index (χ0v) is 16.1. The Balaban J connectivity index is 1.50. The van der Waals surface area contributed by atoms with Crippen molar-refractivity contribution in [1.29, 1.82) is 0 Å². The van der Waals surface area contributed by atoms with Crippen LogP contribution in [0.1, 0.15) is 17.4 Å². The molecule has 0 amide bonds. The summed E-state index contributed by atoms with van der Waals surface area (Å²) in [7, 11) is 0. The fraction of sp³-hybridized carbons (Fsp3) is 0.316. The van der Waals surface area contributed by atoms with Crippen molar-refractivity contribution >= 4 is 11.5 Å². The molecule has 148 valence electrons. The molecule has 1 saturated heterocycles. The molecule has 0 saturated carbocycles. The number of nitrogens with one attached hydrogen (secondary N) is 1. The summed E-state index contributed by atoms with van der Waals surface area (Å²) in [6, 6.07) is 8.42. The van der Waals surface area contributed by atoms with Crippen molar-refractivity contribution in [3.8, 4) is 5.82 Å². The van der Waals surface area contributed by atoms with E-state index in [1.54, 1.807) is 27.7 Å². The molecule has 1 fully saturated rings. The lowest BCUT2D eigenvalue weighted by Crippen LogP contribution is -2.38. The van der Waals surface area contributed by atoms with Gasteiger partial charge in [0.05, 0.1) is 24.9 Å². The number of fused-ring (bicyclic) bond motifs is 1. The first-order valence-electron chi connectivity index (χ1n) is 9.37. The van der Waals surface area contributed by atoms with Gasteiger partial charge in [-0.15, -0.1) is 5.10 Å². The number of rotatable bonds is 4. The summed E-state index contributed by atoms with van der Waals surface area (Å²) in [5.41, 5.74) is 2.35. The molecule has 2 unspecified atom stereocenters. The number of aryl methyl sites for hydroxylation is 2. The van der Waals surface area contributed by atoms with Crippen LogP contribution in [0, 0.1) is 13.8 Å². The summed E-state index contributed by atoms with van der Waals surface area (Å²) < 4.78 is 10.6. The first kappa shape index (κ1) is 17.6. The van der Waals surface area contributed by atoms with E-state index in [0.717, 1.165) is 22.9 Å². The topological polar surface area (TPSA) is 104 Å². The number of ether oxygens (including phenoxy) is 1. The molecule has 2 atom stereocenters. The number of nitrogens with zero attached hydrogens (tertiary/aromatic N) is 7. The van der Waals surface area contributed by atoms with E-state index in [-0.39, 0.29) is 17.6 Å². The second-order valence-corrected chi connectivity index (χ2v) is 7.12. The van der Waals surface area contributed by atoms with Gasteiger partial charge in [-0.05, 0) is 26.0 Å². The molecular weight excluding hydrogens is 372 g/mol. The Bertz CT molecular complexity index is 1230. The highest BCUT2D eigenvalue weighted by Gasteiger charge is 2.32. The Morgan fingerprint density at radius 1 is 1.14 bits per heavy atom. The average Bonchev–Trinajstić information content (AvgIpc) is 3.43. The van der Waals surface area contributed by atoms with Crippen molar-refractivity contribution < 1.29 is 4.74 Å². The molecular formula is C19H20N8O2. The molecule has 0 spiro atoms. The maximum absolute atomic E-state index is 12.6. The maximum Gasteiger partial charge on any atom is 0.267 e. The number of aromatic nitrogens is 7. The van der Waals surface area contributed by atoms with E-state index in [0.29, 0.717) is 19.0 Å². The molecule has 10 nitrogen and oxygen atoms in total. The quantitative estimate of drug-likeness (QED) is 0.555. The van der Waals surface area contributed by atoms with Crippen LogP contribution < -0.4 is 10.9 Å². The van der Waals surface area contributed by atoms with Crippen molar-refractivity contribution in [1.82, 2.24) is 34.2 Å². The number of hydrogen-bond acceptors (Lipinski definition) is 7. The van der Waals surface area contributed by atoms with Gasteiger partial charge in [0.2, 0.25) is 0 Å². The highest BCUT2D eigenvalue weighted by Crippen LogP contribution is 2.23. The smallest absolute Gasteiger partial charge is 0.267 e. The molecule has 1 aliphatic heterocycles. The molecule has 0 bridgehead atoms. The molecule has 5 heterocycles. The zero-order chi connectivity index (χ0) is 20.0. The van der Waals surface area contributed by atoms with E-state index in [1.807, 2.05) is 32.0 Å². The predicted molar refractivity (Wildman–Crippen MR) is 105 cm³/mol. The highest BCUT2D eigenvalue weighted by molar-refractivity contribution is 5.51. The van der Waals surface area contributed by atoms with Crippen molar-refractivity contribution in [2.45, 2.75) is 25.9 Å². The van der Waals surface area contributed by atoms with Gasteiger partial charge in [-0.3, -0.25) is 4.79 Å². The van der Waals surface area contributed by atoms with E-state index in [1.165, 1.54) is 10.7 Å². The molecule has 0 radical (unpaired) electrons. The number of anilines is 1. The van der Waals surface area contributed by atoms with Gasteiger partial charge in [-0.2, -0.15) is 14.7 Å². The molecule has 5 rings (SSSR count). The molecule has 4 aromatic rings. The van der Waals surface area contributed by atoms with Crippen molar-refractivity contribution in [2.75, 3.05) is 18.5 Å². The van der Waals surface area contributed by atoms with E-state index < -0.39 is 0 Å². The summed E-state index contributed by atoms with van der Waals surface area (Å²) in [5, 5.41) is 16.7. The van der Waals surface area contributed by atoms with E-state index >= 15 is 0 Å². The predicted octanol–water partition coefficient (Wildman–Crippen LogP) is 1.14. The van der Waals surface area contributed by atoms with E-state index in [2.05, 4.69) is 25.6 Å². The van der Waals surface area contributed by atoms with Crippen LogP contribution in [0.25, 0.3) is 11.5 Å². The average molecular weight is 392 g/mol. The fourth-order valence-electron chi connectivity index (χ4n) is 3.61. The second kappa shape index (κ2) is 6.82. The zero-order valence-electron chi connectivity index (χ0n) is 16.1. The number of hydrogen-bond donors (Lipinski definition) is 1. The minimum atomic E-state index is -0.266. The van der Waals surface area contributed by atoms with Crippen LogP contribution in [0.5, 0.6) is 0 Å². The minimum absolute atomic E-state index is 0.150. The highest BCUT2D eigenvalue weighted by atomic mass is 16.5. The van der Waals surface area contributed by atoms with Crippen LogP contribution in [-0.4, -0.2) is 53.4 Å². The lowest BCUT2D eigenvalue weighted by Gasteiger charge is -2.22. The summed E-state index contributed by atoms with van der Waals surface area (Å²) in [5.74, 6) is 1.38. The lowest BCUT2D eigenvalue weighted by atomic mass is 10.1. The standard InChI is InChI=1S/C19H20N8O2/c1-12-8-18(27-17(21-12)9-13(2)23-27)22-14-10-29-11-15(14)26-19(28)5-4-16(24-26)25-7-3-6-20-25/h3-9,14-15,22H,10-11H2,1-2H3. The summed E-state index contributed by atoms with van der Waals surface area (Å²) in [4.78, 5) is 17.1. The molecule has 1 aliphatic rings. The van der Waals surface area contributed by atoms with Gasteiger partial charge in [0, 0.05) is 36.3 Å². The SMILES string of the molecule is Cc1cc(NC2COCC2n2nc(-n3cccn3)ccc2=O)n2nc(C)cc2n1. The van der Waals surface area contributed by atoms with Crippen LogP contribution in [-0.2, 0) is 4.74 Å². The van der Waals surface area contributed by atoms with Gasteiger partial charge in [0.15, 0.2) is 11.5 Å². The van der Waals surface area contributed by atoms with Crippen LogP contribution in [0.2, 0.25) is 0 Å². The summed E-state index contributed by atoms with van der Waals surface area (Å²) >= 11 is 0. The summed E-state index contributed by atoms with van der Waals surface area (Å²) in [6.45, 7) is 4.71. The van der Waals surface area contributed by atoms with Crippen molar-refractivity contribution in [2.24, 2.45) is 0 Å². The minimum Gasteiger partial charge on any atom is -0.377 e. The van der Waals surface area contributed by atoms with E-state index in [9.17, 15) is 4.79 Å². The van der Waals surface area contributed by atoms with Gasteiger partial charge in [0.1, 0.15) is 11.9 Å². The van der Waals surface area contributed by atoms with Gasteiger partial charge >= 0.3 is 0 Å². The van der Waals surface area contributed by atoms with Crippen LogP contribution >= 0.6 is 0 Å². The molecule has 4 aromatic heterocycles. The molecule has 0 aromatic carbocycles. The molecule has 29 heavy (non-hydrogen) atoms. The maximum atomic E-state index is 12.6. The first-order chi connectivity index (χ1) is 14.1. The molecule has 1 N–H and O–H groups in total. The normalized spacial score (nSPS) is 19.1. The van der Waals surface area contributed by atoms with Gasteiger partial charge < -0.3 is 10.1 Å². The van der Waals surface area contributed by atoms with Crippen molar-refractivity contribution in [3.63, 3.8) is 0 Å². The van der Waals surface area contributed by atoms with Crippen molar-refractivity contribution in [3.05, 3.63) is 64.5 Å². The Hall–Kier alpha value is -3.53. The van der Waals surface area contributed by atoms with Crippen LogP contribution in [0.4, 0.5) is 5.82 Å². The summed E-state index contributed by atoms with van der Waals surface area (Å²) in [6.07, 6.45) is 3.46. The first-order valence-corrected chi connectivity index (χ1v) is 9.37. The van der Waals surface area contributed by atoms with Crippen LogP contribution in [0.3, 0.4) is 0 Å². The largest absolute Gasteiger partial charge is 0.377 e. The Morgan fingerprint density at radius 2 is 2.03 bits per heavy atom. The molecule has 10 heteroatoms. The second-order valence-electron chi connectivity index (χ2n) is 7.12. The van der Waals surface area contributed by atoms with Gasteiger partial charge in [0.25, 0.3) is 5.56 Å². The van der Waals surface area contributed by atoms with Gasteiger partial charge in [-0.25, -0.2) is 14.3 Å². The Labute approximate surface area is 165 Å².